The van der Waals surface area contributed by atoms with Gasteiger partial charge in [0.25, 0.3) is 0 Å². The van der Waals surface area contributed by atoms with Gasteiger partial charge in [-0.1, -0.05) is 0 Å². The zero-order chi connectivity index (χ0) is 0. The van der Waals surface area contributed by atoms with Crippen LogP contribution < -0.4 is 12.4 Å². The van der Waals surface area contributed by atoms with Gasteiger partial charge in [-0.3, -0.25) is 0 Å². The minimum atomic E-state index is 0. The van der Waals surface area contributed by atoms with Gasteiger partial charge in [0.1, 0.15) is 0 Å². The fourth-order valence-electron chi connectivity index (χ4n) is 0. The summed E-state index contributed by atoms with van der Waals surface area (Å²) in [4.78, 5) is 0. The molecule has 0 saturated heterocycles. The molecule has 0 amide bonds. The van der Waals surface area contributed by atoms with Gasteiger partial charge in [0.2, 0.25) is 0 Å². The average Bonchev–Trinajstić information content (AvgIpc) is 0. The van der Waals surface area contributed by atoms with E-state index in [1.807, 2.05) is 0 Å². The van der Waals surface area contributed by atoms with Crippen molar-refractivity contribution < 1.29 is 17.9 Å². The van der Waals surface area contributed by atoms with E-state index in [0.717, 1.165) is 0 Å². The van der Waals surface area contributed by atoms with Crippen molar-refractivity contribution in [3.05, 3.63) is 0 Å². The van der Waals surface area contributed by atoms with Crippen LogP contribution in [-0.2, 0) is 0 Å². The van der Waals surface area contributed by atoms with Gasteiger partial charge in [-0.05, 0) is 0 Å². The van der Waals surface area contributed by atoms with E-state index in [9.17, 15) is 0 Å². The Kier molecular flexibility index (Phi) is 140. The Bertz CT molecular complexity index is 8.00. The van der Waals surface area contributed by atoms with Crippen molar-refractivity contribution >= 4 is 68.5 Å². The Hall–Kier alpha value is 2.50. The fraction of sp³-hybridized carbons (Fsp3) is 0. The van der Waals surface area contributed by atoms with Crippen LogP contribution >= 0.6 is 0 Å². The molecule has 0 aliphatic rings. The topological polar surface area (TPSA) is 30.0 Å². The minimum absolute atomic E-state index is 0. The third-order valence-electron chi connectivity index (χ3n) is 0. The summed E-state index contributed by atoms with van der Waals surface area (Å²) in [5, 5.41) is 0. The van der Waals surface area contributed by atoms with Gasteiger partial charge in [-0.25, -0.2) is 0 Å². The summed E-state index contributed by atoms with van der Waals surface area (Å²) in [5.41, 5.74) is 0. The zero-order valence-corrected chi connectivity index (χ0v) is 7.89. The molecule has 0 rings (SSSR count). The molecular formula is HClMgOSr+2. The van der Waals surface area contributed by atoms with Crippen LogP contribution in [0.1, 0.15) is 0 Å². The molecular weight excluding hydrogens is 163 g/mol. The zero-order valence-electron chi connectivity index (χ0n) is 2.24. The van der Waals surface area contributed by atoms with Crippen molar-refractivity contribution in [2.75, 3.05) is 0 Å². The molecule has 0 bridgehead atoms. The maximum atomic E-state index is 0. The first-order valence-electron chi connectivity index (χ1n) is 0. The molecule has 1 N–H and O–H groups in total. The van der Waals surface area contributed by atoms with Crippen LogP contribution in [0.4, 0.5) is 0 Å². The number of hydrogen-bond donors (Lipinski definition) is 0. The number of halogens is 1. The van der Waals surface area contributed by atoms with Crippen molar-refractivity contribution in [1.29, 1.82) is 0 Å². The summed E-state index contributed by atoms with van der Waals surface area (Å²) in [5.74, 6) is 0. The predicted octanol–water partition coefficient (Wildman–Crippen LogP) is -3.93. The van der Waals surface area contributed by atoms with Crippen LogP contribution in [0.2, 0.25) is 0 Å². The summed E-state index contributed by atoms with van der Waals surface area (Å²) < 4.78 is 0. The molecule has 0 atom stereocenters. The third kappa shape index (κ3) is 8.82. The van der Waals surface area contributed by atoms with Gasteiger partial charge in [0, 0.05) is 0 Å². The minimum Gasteiger partial charge on any atom is -1.00 e. The molecule has 4 heteroatoms. The van der Waals surface area contributed by atoms with Gasteiger partial charge in [-0.15, -0.1) is 0 Å². The summed E-state index contributed by atoms with van der Waals surface area (Å²) in [6.07, 6.45) is 0. The van der Waals surface area contributed by atoms with Crippen molar-refractivity contribution in [3.63, 3.8) is 0 Å². The van der Waals surface area contributed by atoms with Crippen LogP contribution in [0.25, 0.3) is 0 Å². The van der Waals surface area contributed by atoms with Crippen LogP contribution in [0.5, 0.6) is 0 Å². The number of hydrogen-bond acceptors (Lipinski definition) is 1. The Labute approximate surface area is 84.7 Å². The van der Waals surface area contributed by atoms with Gasteiger partial charge in [0.15, 0.2) is 0 Å². The van der Waals surface area contributed by atoms with Gasteiger partial charge in [0.05, 0.1) is 0 Å². The van der Waals surface area contributed by atoms with Gasteiger partial charge in [-0.2, -0.15) is 0 Å². The van der Waals surface area contributed by atoms with Crippen molar-refractivity contribution in [2.45, 2.75) is 0 Å². The predicted molar refractivity (Wildman–Crippen MR) is 13.4 cm³/mol. The SMILES string of the molecule is [Cl-].[Mg+2].[OH-].[Sr+2]. The molecule has 0 aromatic heterocycles. The summed E-state index contributed by atoms with van der Waals surface area (Å²) in [6.45, 7) is 0. The Balaban J connectivity index is 0. The molecule has 0 heterocycles. The third-order valence-corrected chi connectivity index (χ3v) is 0. The van der Waals surface area contributed by atoms with Crippen LogP contribution in [0.3, 0.4) is 0 Å². The molecule has 0 radical (unpaired) electrons. The van der Waals surface area contributed by atoms with Crippen molar-refractivity contribution in [2.24, 2.45) is 0 Å². The Morgan fingerprint density at radius 1 is 1.00 bits per heavy atom. The maximum Gasteiger partial charge on any atom is 2.00 e. The van der Waals surface area contributed by atoms with Crippen LogP contribution in [-0.4, -0.2) is 74.0 Å². The second kappa shape index (κ2) is 17.8. The molecule has 0 aliphatic heterocycles. The Morgan fingerprint density at radius 2 is 1.00 bits per heavy atom. The molecule has 0 aliphatic carbocycles. The van der Waals surface area contributed by atoms with E-state index in [0.29, 0.717) is 0 Å². The van der Waals surface area contributed by atoms with E-state index in [1.54, 1.807) is 0 Å². The van der Waals surface area contributed by atoms with E-state index in [1.165, 1.54) is 0 Å². The first-order chi connectivity index (χ1) is 0. The Morgan fingerprint density at radius 3 is 1.00 bits per heavy atom. The van der Waals surface area contributed by atoms with Gasteiger partial charge < -0.3 is 17.9 Å². The molecule has 0 spiro atoms. The average molecular weight is 164 g/mol. The largest absolute Gasteiger partial charge is 2.00 e. The molecule has 1 nitrogen and oxygen atoms in total. The first-order valence-corrected chi connectivity index (χ1v) is 0. The molecule has 0 unspecified atom stereocenters. The monoisotopic (exact) mass is 164 g/mol. The molecule has 16 valence electrons. The van der Waals surface area contributed by atoms with E-state index < -0.39 is 0 Å². The normalized spacial score (nSPS) is 0. The molecule has 0 fully saturated rings. The summed E-state index contributed by atoms with van der Waals surface area (Å²) in [6, 6.07) is 0. The van der Waals surface area contributed by atoms with E-state index in [-0.39, 0.29) is 86.4 Å². The smallest absolute Gasteiger partial charge is 1.00 e. The summed E-state index contributed by atoms with van der Waals surface area (Å²) >= 11 is 0. The molecule has 4 heavy (non-hydrogen) atoms. The number of rotatable bonds is 0. The summed E-state index contributed by atoms with van der Waals surface area (Å²) in [7, 11) is 0. The molecule has 0 saturated carbocycles. The first kappa shape index (κ1) is 31.5. The van der Waals surface area contributed by atoms with Crippen molar-refractivity contribution in [1.82, 2.24) is 0 Å². The van der Waals surface area contributed by atoms with Crippen LogP contribution in [0.15, 0.2) is 0 Å². The van der Waals surface area contributed by atoms with E-state index in [2.05, 4.69) is 0 Å². The van der Waals surface area contributed by atoms with E-state index >= 15 is 0 Å². The standard InChI is InChI=1S/ClH.Mg.H2O.Sr/h1H;;1H2;/q;+2;;+2/p-2. The quantitative estimate of drug-likeness (QED) is 0.336. The van der Waals surface area contributed by atoms with Crippen molar-refractivity contribution in [3.8, 4) is 0 Å². The molecule has 0 aromatic carbocycles. The molecule has 0 aromatic rings. The second-order valence-corrected chi connectivity index (χ2v) is 0. The second-order valence-electron chi connectivity index (χ2n) is 0. The van der Waals surface area contributed by atoms with Crippen LogP contribution in [0, 0.1) is 0 Å². The van der Waals surface area contributed by atoms with E-state index in [4.69, 9.17) is 0 Å². The van der Waals surface area contributed by atoms with Gasteiger partial charge >= 0.3 is 68.5 Å². The maximum absolute atomic E-state index is 0. The fourth-order valence-corrected chi connectivity index (χ4v) is 0.